The van der Waals surface area contributed by atoms with Crippen molar-refractivity contribution in [2.75, 3.05) is 20.1 Å². The van der Waals surface area contributed by atoms with Gasteiger partial charge >= 0.3 is 0 Å². The van der Waals surface area contributed by atoms with Crippen molar-refractivity contribution < 1.29 is 4.79 Å². The SMILES string of the molecule is CN(CCCNC(=O)C1(N)CCCC1)Cc1ccccc1.Cl.Cl. The minimum absolute atomic E-state index is 0. The average Bonchev–Trinajstić information content (AvgIpc) is 2.92. The number of carbonyl (C=O) groups is 1. The Bertz CT molecular complexity index is 450. The molecule has 0 unspecified atom stereocenters. The lowest BCUT2D eigenvalue weighted by molar-refractivity contribution is -0.126. The van der Waals surface area contributed by atoms with E-state index >= 15 is 0 Å². The lowest BCUT2D eigenvalue weighted by Gasteiger charge is -2.23. The van der Waals surface area contributed by atoms with Crippen molar-refractivity contribution in [3.8, 4) is 0 Å². The number of hydrogen-bond donors (Lipinski definition) is 2. The van der Waals surface area contributed by atoms with Gasteiger partial charge in [-0.15, -0.1) is 24.8 Å². The number of hydrogen-bond acceptors (Lipinski definition) is 3. The normalized spacial score (nSPS) is 15.6. The second kappa shape index (κ2) is 10.9. The van der Waals surface area contributed by atoms with Crippen molar-refractivity contribution in [2.45, 2.75) is 44.2 Å². The number of nitrogens with zero attached hydrogens (tertiary/aromatic N) is 1. The van der Waals surface area contributed by atoms with Gasteiger partial charge in [0.15, 0.2) is 0 Å². The average molecular weight is 362 g/mol. The molecule has 2 rings (SSSR count). The molecule has 0 spiro atoms. The molecular weight excluding hydrogens is 333 g/mol. The molecule has 0 aliphatic heterocycles. The largest absolute Gasteiger partial charge is 0.354 e. The van der Waals surface area contributed by atoms with Gasteiger partial charge in [-0.1, -0.05) is 43.2 Å². The number of nitrogens with one attached hydrogen (secondary N) is 1. The van der Waals surface area contributed by atoms with Crippen LogP contribution in [0.25, 0.3) is 0 Å². The Hall–Kier alpha value is -0.810. The topological polar surface area (TPSA) is 58.4 Å². The minimum Gasteiger partial charge on any atom is -0.354 e. The monoisotopic (exact) mass is 361 g/mol. The second-order valence-electron chi connectivity index (χ2n) is 6.20. The first kappa shape index (κ1) is 22.2. The molecule has 0 heterocycles. The summed E-state index contributed by atoms with van der Waals surface area (Å²) in [5.41, 5.74) is 6.84. The van der Waals surface area contributed by atoms with Gasteiger partial charge < -0.3 is 16.0 Å². The molecule has 1 saturated carbocycles. The molecule has 0 atom stereocenters. The molecule has 0 aromatic heterocycles. The van der Waals surface area contributed by atoms with Crippen molar-refractivity contribution in [1.82, 2.24) is 10.2 Å². The fraction of sp³-hybridized carbons (Fsp3) is 0.588. The van der Waals surface area contributed by atoms with Crippen LogP contribution < -0.4 is 11.1 Å². The Morgan fingerprint density at radius 2 is 1.83 bits per heavy atom. The molecule has 3 N–H and O–H groups in total. The fourth-order valence-electron chi connectivity index (χ4n) is 2.93. The Morgan fingerprint density at radius 3 is 2.43 bits per heavy atom. The van der Waals surface area contributed by atoms with E-state index < -0.39 is 5.54 Å². The number of benzene rings is 1. The zero-order chi connectivity index (χ0) is 15.1. The van der Waals surface area contributed by atoms with Crippen LogP contribution in [-0.4, -0.2) is 36.5 Å². The first-order valence-corrected chi connectivity index (χ1v) is 7.90. The zero-order valence-electron chi connectivity index (χ0n) is 13.8. The Balaban J connectivity index is 0.00000242. The molecule has 1 aliphatic rings. The van der Waals surface area contributed by atoms with Gasteiger partial charge in [-0.05, 0) is 38.4 Å². The van der Waals surface area contributed by atoms with E-state index in [0.29, 0.717) is 6.54 Å². The molecule has 23 heavy (non-hydrogen) atoms. The molecule has 1 fully saturated rings. The summed E-state index contributed by atoms with van der Waals surface area (Å²) in [6, 6.07) is 10.4. The summed E-state index contributed by atoms with van der Waals surface area (Å²) in [7, 11) is 2.11. The van der Waals surface area contributed by atoms with Crippen molar-refractivity contribution in [3.63, 3.8) is 0 Å². The summed E-state index contributed by atoms with van der Waals surface area (Å²) >= 11 is 0. The van der Waals surface area contributed by atoms with Crippen LogP contribution in [0.2, 0.25) is 0 Å². The summed E-state index contributed by atoms with van der Waals surface area (Å²) < 4.78 is 0. The van der Waals surface area contributed by atoms with Crippen LogP contribution in [-0.2, 0) is 11.3 Å². The predicted octanol–water partition coefficient (Wildman–Crippen LogP) is 2.74. The quantitative estimate of drug-likeness (QED) is 0.734. The summed E-state index contributed by atoms with van der Waals surface area (Å²) in [6.07, 6.45) is 4.75. The molecule has 6 heteroatoms. The molecular formula is C17H29Cl2N3O. The first-order valence-electron chi connectivity index (χ1n) is 7.90. The van der Waals surface area contributed by atoms with Crippen molar-refractivity contribution in [1.29, 1.82) is 0 Å². The summed E-state index contributed by atoms with van der Waals surface area (Å²) in [4.78, 5) is 14.3. The van der Waals surface area contributed by atoms with Gasteiger partial charge in [0, 0.05) is 13.1 Å². The smallest absolute Gasteiger partial charge is 0.240 e. The lowest BCUT2D eigenvalue weighted by atomic mass is 9.98. The highest BCUT2D eigenvalue weighted by Crippen LogP contribution is 2.27. The van der Waals surface area contributed by atoms with E-state index in [2.05, 4.69) is 41.5 Å². The van der Waals surface area contributed by atoms with E-state index in [1.165, 1.54) is 5.56 Å². The number of carbonyl (C=O) groups excluding carboxylic acids is 1. The maximum absolute atomic E-state index is 12.1. The Morgan fingerprint density at radius 1 is 1.22 bits per heavy atom. The predicted molar refractivity (Wildman–Crippen MR) is 100 cm³/mol. The number of rotatable bonds is 7. The van der Waals surface area contributed by atoms with Crippen molar-refractivity contribution in [2.24, 2.45) is 5.73 Å². The molecule has 1 aromatic carbocycles. The van der Waals surface area contributed by atoms with Crippen LogP contribution in [0.15, 0.2) is 30.3 Å². The molecule has 1 aliphatic carbocycles. The highest BCUT2D eigenvalue weighted by atomic mass is 35.5. The van der Waals surface area contributed by atoms with Crippen molar-refractivity contribution >= 4 is 30.7 Å². The van der Waals surface area contributed by atoms with Crippen LogP contribution in [0.4, 0.5) is 0 Å². The van der Waals surface area contributed by atoms with Gasteiger partial charge in [0.2, 0.25) is 5.91 Å². The molecule has 4 nitrogen and oxygen atoms in total. The van der Waals surface area contributed by atoms with Crippen LogP contribution in [0.5, 0.6) is 0 Å². The minimum atomic E-state index is -0.601. The van der Waals surface area contributed by atoms with E-state index in [1.807, 2.05) is 6.07 Å². The molecule has 1 aromatic rings. The first-order chi connectivity index (χ1) is 10.1. The summed E-state index contributed by atoms with van der Waals surface area (Å²) in [5, 5.41) is 2.99. The van der Waals surface area contributed by atoms with Crippen LogP contribution in [0.3, 0.4) is 0 Å². The maximum atomic E-state index is 12.1. The third kappa shape index (κ3) is 7.08. The van der Waals surface area contributed by atoms with E-state index in [0.717, 1.165) is 45.2 Å². The van der Waals surface area contributed by atoms with Gasteiger partial charge in [-0.25, -0.2) is 0 Å². The van der Waals surface area contributed by atoms with Gasteiger partial charge in [-0.2, -0.15) is 0 Å². The number of halogens is 2. The summed E-state index contributed by atoms with van der Waals surface area (Å²) in [5.74, 6) is 0.0331. The van der Waals surface area contributed by atoms with E-state index in [1.54, 1.807) is 0 Å². The van der Waals surface area contributed by atoms with Crippen LogP contribution in [0, 0.1) is 0 Å². The van der Waals surface area contributed by atoms with Gasteiger partial charge in [0.05, 0.1) is 5.54 Å². The second-order valence-corrected chi connectivity index (χ2v) is 6.20. The maximum Gasteiger partial charge on any atom is 0.240 e. The van der Waals surface area contributed by atoms with E-state index in [4.69, 9.17) is 5.73 Å². The zero-order valence-corrected chi connectivity index (χ0v) is 15.4. The van der Waals surface area contributed by atoms with Gasteiger partial charge in [0.1, 0.15) is 0 Å². The Labute approximate surface area is 152 Å². The standard InChI is InChI=1S/C17H27N3O.2ClH/c1-20(14-15-8-3-2-4-9-15)13-7-12-19-16(21)17(18)10-5-6-11-17;;/h2-4,8-9H,5-7,10-14,18H2,1H3,(H,19,21);2*1H. The molecule has 0 saturated heterocycles. The van der Waals surface area contributed by atoms with Gasteiger partial charge in [-0.3, -0.25) is 4.79 Å². The number of nitrogens with two attached hydrogens (primary N) is 1. The van der Waals surface area contributed by atoms with Gasteiger partial charge in [0.25, 0.3) is 0 Å². The third-order valence-electron chi connectivity index (χ3n) is 4.25. The van der Waals surface area contributed by atoms with Crippen LogP contribution >= 0.6 is 24.8 Å². The third-order valence-corrected chi connectivity index (χ3v) is 4.25. The highest BCUT2D eigenvalue weighted by Gasteiger charge is 2.36. The summed E-state index contributed by atoms with van der Waals surface area (Å²) in [6.45, 7) is 2.61. The fourth-order valence-corrected chi connectivity index (χ4v) is 2.93. The van der Waals surface area contributed by atoms with Crippen molar-refractivity contribution in [3.05, 3.63) is 35.9 Å². The molecule has 132 valence electrons. The highest BCUT2D eigenvalue weighted by molar-refractivity contribution is 5.86. The molecule has 0 radical (unpaired) electrons. The van der Waals surface area contributed by atoms with E-state index in [-0.39, 0.29) is 30.7 Å². The lowest BCUT2D eigenvalue weighted by Crippen LogP contribution is -2.52. The molecule has 0 bridgehead atoms. The van der Waals surface area contributed by atoms with Crippen LogP contribution in [0.1, 0.15) is 37.7 Å². The number of amides is 1. The molecule has 1 amide bonds. The Kier molecular flexibility index (Phi) is 10.5. The van der Waals surface area contributed by atoms with E-state index in [9.17, 15) is 4.79 Å².